The second-order valence-corrected chi connectivity index (χ2v) is 10.9. The van der Waals surface area contributed by atoms with E-state index in [1.54, 1.807) is 18.2 Å². The standard InChI is InChI=1S/C31H33ClF3N3O2/c32-28-20-23(30(39)36-25-12-16-37(17-13-25)21-22-4-2-1-3-5-22)6-11-29(28)40-27-14-18-38(19-15-27)26-9-7-24(8-10-26)31(33,34)35/h1-11,20,25,27H,12-19,21H2,(H,36,39). The molecule has 0 unspecified atom stereocenters. The fourth-order valence-electron chi connectivity index (χ4n) is 5.36. The van der Waals surface area contributed by atoms with Gasteiger partial charge in [0.2, 0.25) is 0 Å². The predicted molar refractivity (Wildman–Crippen MR) is 151 cm³/mol. The molecular weight excluding hydrogens is 539 g/mol. The van der Waals surface area contributed by atoms with Crippen LogP contribution in [0.1, 0.15) is 47.2 Å². The van der Waals surface area contributed by atoms with Crippen molar-refractivity contribution >= 4 is 23.2 Å². The molecule has 9 heteroatoms. The number of likely N-dealkylation sites (tertiary alicyclic amines) is 1. The second-order valence-electron chi connectivity index (χ2n) is 10.5. The van der Waals surface area contributed by atoms with Crippen LogP contribution in [0.5, 0.6) is 5.75 Å². The van der Waals surface area contributed by atoms with Crippen LogP contribution in [0.25, 0.3) is 0 Å². The fraction of sp³-hybridized carbons (Fsp3) is 0.387. The zero-order valence-corrected chi connectivity index (χ0v) is 22.9. The summed E-state index contributed by atoms with van der Waals surface area (Å²) >= 11 is 6.49. The Kier molecular flexibility index (Phi) is 8.86. The van der Waals surface area contributed by atoms with Gasteiger partial charge in [0.05, 0.1) is 10.6 Å². The summed E-state index contributed by atoms with van der Waals surface area (Å²) in [5.74, 6) is 0.389. The van der Waals surface area contributed by atoms with Crippen LogP contribution in [0.15, 0.2) is 72.8 Å². The lowest BCUT2D eigenvalue weighted by Gasteiger charge is -2.34. The molecule has 0 saturated carbocycles. The van der Waals surface area contributed by atoms with Gasteiger partial charge in [0.25, 0.3) is 5.91 Å². The lowest BCUT2D eigenvalue weighted by atomic mass is 10.0. The molecule has 1 N–H and O–H groups in total. The molecule has 3 aromatic carbocycles. The number of amides is 1. The number of piperidine rings is 2. The number of rotatable bonds is 7. The minimum Gasteiger partial charge on any atom is -0.489 e. The van der Waals surface area contributed by atoms with E-state index in [-0.39, 0.29) is 18.1 Å². The second kappa shape index (κ2) is 12.5. The molecule has 0 spiro atoms. The average molecular weight is 572 g/mol. The molecule has 5 nitrogen and oxygen atoms in total. The molecule has 2 aliphatic heterocycles. The number of hydrogen-bond donors (Lipinski definition) is 1. The summed E-state index contributed by atoms with van der Waals surface area (Å²) in [5.41, 5.74) is 1.92. The maximum atomic E-state index is 12.9. The molecule has 2 aliphatic rings. The Bertz CT molecular complexity index is 1270. The summed E-state index contributed by atoms with van der Waals surface area (Å²) in [6.07, 6.45) is -1.18. The van der Waals surface area contributed by atoms with E-state index >= 15 is 0 Å². The van der Waals surface area contributed by atoms with Crippen molar-refractivity contribution in [2.45, 2.75) is 50.6 Å². The molecule has 0 aromatic heterocycles. The van der Waals surface area contributed by atoms with E-state index in [2.05, 4.69) is 39.4 Å². The van der Waals surface area contributed by atoms with Gasteiger partial charge in [-0.05, 0) is 60.9 Å². The number of nitrogens with zero attached hydrogens (tertiary/aromatic N) is 2. The Hall–Kier alpha value is -3.23. The molecule has 0 bridgehead atoms. The third-order valence-electron chi connectivity index (χ3n) is 7.66. The molecule has 3 aromatic rings. The maximum Gasteiger partial charge on any atom is 0.416 e. The Balaban J connectivity index is 1.07. The number of anilines is 1. The molecule has 0 radical (unpaired) electrons. The quantitative estimate of drug-likeness (QED) is 0.339. The molecule has 0 atom stereocenters. The summed E-state index contributed by atoms with van der Waals surface area (Å²) < 4.78 is 44.6. The highest BCUT2D eigenvalue weighted by molar-refractivity contribution is 6.32. The first kappa shape index (κ1) is 28.3. The van der Waals surface area contributed by atoms with Crippen LogP contribution in [0.3, 0.4) is 0 Å². The number of hydrogen-bond acceptors (Lipinski definition) is 4. The molecular formula is C31H33ClF3N3O2. The van der Waals surface area contributed by atoms with Crippen LogP contribution in [-0.4, -0.2) is 49.1 Å². The largest absolute Gasteiger partial charge is 0.489 e. The highest BCUT2D eigenvalue weighted by Gasteiger charge is 2.30. The Morgan fingerprint density at radius 3 is 2.20 bits per heavy atom. The van der Waals surface area contributed by atoms with E-state index in [1.165, 1.54) is 17.7 Å². The molecule has 2 heterocycles. The Morgan fingerprint density at radius 1 is 0.900 bits per heavy atom. The molecule has 0 aliphatic carbocycles. The van der Waals surface area contributed by atoms with E-state index < -0.39 is 11.7 Å². The van der Waals surface area contributed by atoms with Crippen LogP contribution in [0.2, 0.25) is 5.02 Å². The average Bonchev–Trinajstić information content (AvgIpc) is 2.96. The first-order chi connectivity index (χ1) is 19.2. The van der Waals surface area contributed by atoms with Gasteiger partial charge >= 0.3 is 6.18 Å². The number of nitrogens with one attached hydrogen (secondary N) is 1. The Labute approximate surface area is 237 Å². The smallest absolute Gasteiger partial charge is 0.416 e. The first-order valence-corrected chi connectivity index (χ1v) is 14.1. The molecule has 40 heavy (non-hydrogen) atoms. The number of carbonyl (C=O) groups is 1. The summed E-state index contributed by atoms with van der Waals surface area (Å²) in [5, 5.41) is 3.53. The number of halogens is 4. The van der Waals surface area contributed by atoms with Crippen LogP contribution < -0.4 is 15.0 Å². The predicted octanol–water partition coefficient (Wildman–Crippen LogP) is 6.80. The minimum atomic E-state index is -4.34. The van der Waals surface area contributed by atoms with E-state index in [4.69, 9.17) is 16.3 Å². The first-order valence-electron chi connectivity index (χ1n) is 13.7. The monoisotopic (exact) mass is 571 g/mol. The van der Waals surface area contributed by atoms with Crippen molar-refractivity contribution < 1.29 is 22.7 Å². The van der Waals surface area contributed by atoms with E-state index in [1.807, 2.05) is 6.07 Å². The van der Waals surface area contributed by atoms with Crippen molar-refractivity contribution in [1.29, 1.82) is 0 Å². The molecule has 2 fully saturated rings. The van der Waals surface area contributed by atoms with E-state index in [0.29, 0.717) is 42.3 Å². The number of alkyl halides is 3. The van der Waals surface area contributed by atoms with Crippen LogP contribution >= 0.6 is 11.6 Å². The number of benzene rings is 3. The van der Waals surface area contributed by atoms with Crippen molar-refractivity contribution in [1.82, 2.24) is 10.2 Å². The summed E-state index contributed by atoms with van der Waals surface area (Å²) in [7, 11) is 0. The number of ether oxygens (including phenoxy) is 1. The van der Waals surface area contributed by atoms with Gasteiger partial charge in [-0.3, -0.25) is 9.69 Å². The summed E-state index contributed by atoms with van der Waals surface area (Å²) in [6.45, 7) is 4.12. The fourth-order valence-corrected chi connectivity index (χ4v) is 5.58. The van der Waals surface area contributed by atoms with Crippen molar-refractivity contribution in [3.63, 3.8) is 0 Å². The SMILES string of the molecule is O=C(NC1CCN(Cc2ccccc2)CC1)c1ccc(OC2CCN(c3ccc(C(F)(F)F)cc3)CC2)c(Cl)c1. The van der Waals surface area contributed by atoms with Gasteiger partial charge in [0, 0.05) is 62.9 Å². The van der Waals surface area contributed by atoms with E-state index in [9.17, 15) is 18.0 Å². The highest BCUT2D eigenvalue weighted by Crippen LogP contribution is 2.32. The zero-order valence-electron chi connectivity index (χ0n) is 22.2. The lowest BCUT2D eigenvalue weighted by molar-refractivity contribution is -0.137. The van der Waals surface area contributed by atoms with Crippen molar-refractivity contribution in [2.24, 2.45) is 0 Å². The third kappa shape index (κ3) is 7.29. The maximum absolute atomic E-state index is 12.9. The normalized spacial score (nSPS) is 17.6. The molecule has 212 valence electrons. The summed E-state index contributed by atoms with van der Waals surface area (Å²) in [4.78, 5) is 17.4. The lowest BCUT2D eigenvalue weighted by Crippen LogP contribution is -2.44. The van der Waals surface area contributed by atoms with E-state index in [0.717, 1.165) is 50.3 Å². The highest BCUT2D eigenvalue weighted by atomic mass is 35.5. The van der Waals surface area contributed by atoms with Gasteiger partial charge in [-0.15, -0.1) is 0 Å². The van der Waals surface area contributed by atoms with Gasteiger partial charge in [-0.1, -0.05) is 41.9 Å². The number of carbonyl (C=O) groups excluding carboxylic acids is 1. The minimum absolute atomic E-state index is 0.0658. The van der Waals surface area contributed by atoms with Gasteiger partial charge in [-0.25, -0.2) is 0 Å². The topological polar surface area (TPSA) is 44.8 Å². The Morgan fingerprint density at radius 2 is 1.57 bits per heavy atom. The zero-order chi connectivity index (χ0) is 28.1. The van der Waals surface area contributed by atoms with Crippen molar-refractivity contribution in [3.05, 3.63) is 94.5 Å². The van der Waals surface area contributed by atoms with Gasteiger partial charge < -0.3 is 15.0 Å². The molecule has 5 rings (SSSR count). The molecule has 1 amide bonds. The van der Waals surface area contributed by atoms with Crippen LogP contribution in [-0.2, 0) is 12.7 Å². The van der Waals surface area contributed by atoms with Gasteiger partial charge in [0.1, 0.15) is 11.9 Å². The van der Waals surface area contributed by atoms with Crippen LogP contribution in [0.4, 0.5) is 18.9 Å². The molecule has 2 saturated heterocycles. The van der Waals surface area contributed by atoms with Crippen LogP contribution in [0, 0.1) is 0 Å². The summed E-state index contributed by atoms with van der Waals surface area (Å²) in [6, 6.07) is 20.9. The van der Waals surface area contributed by atoms with Crippen molar-refractivity contribution in [2.75, 3.05) is 31.1 Å². The van der Waals surface area contributed by atoms with Gasteiger partial charge in [-0.2, -0.15) is 13.2 Å². The van der Waals surface area contributed by atoms with Crippen molar-refractivity contribution in [3.8, 4) is 5.75 Å². The van der Waals surface area contributed by atoms with Gasteiger partial charge in [0.15, 0.2) is 0 Å². The third-order valence-corrected chi connectivity index (χ3v) is 7.96.